The molecule has 9 nitrogen and oxygen atoms in total. The van der Waals surface area contributed by atoms with Crippen LogP contribution in [0, 0.1) is 0 Å². The molecule has 0 saturated carbocycles. The molecule has 196 valence electrons. The van der Waals surface area contributed by atoms with Crippen LogP contribution in [0.2, 0.25) is 5.02 Å². The lowest BCUT2D eigenvalue weighted by Gasteiger charge is -2.33. The number of H-pyrrole nitrogens is 1. The molecule has 0 bridgehead atoms. The molecule has 1 fully saturated rings. The molecule has 3 atom stereocenters. The summed E-state index contributed by atoms with van der Waals surface area (Å²) in [5.41, 5.74) is 1.30. The summed E-state index contributed by atoms with van der Waals surface area (Å²) in [7, 11) is 0. The van der Waals surface area contributed by atoms with Crippen molar-refractivity contribution in [1.82, 2.24) is 20.3 Å². The number of hydrogen-bond acceptors (Lipinski definition) is 7. The fourth-order valence-corrected chi connectivity index (χ4v) is 4.91. The highest BCUT2D eigenvalue weighted by Crippen LogP contribution is 2.32. The van der Waals surface area contributed by atoms with Crippen LogP contribution in [0.1, 0.15) is 42.6 Å². The van der Waals surface area contributed by atoms with Gasteiger partial charge in [-0.2, -0.15) is 0 Å². The number of aromatic amines is 1. The minimum Gasteiger partial charge on any atom is -0.457 e. The fraction of sp³-hybridized carbons (Fsp3) is 0.286. The number of halogens is 1. The van der Waals surface area contributed by atoms with Crippen molar-refractivity contribution in [2.45, 2.75) is 44.9 Å². The van der Waals surface area contributed by atoms with Gasteiger partial charge in [0.05, 0.1) is 40.8 Å². The molecule has 1 aliphatic rings. The lowest BCUT2D eigenvalue weighted by atomic mass is 9.99. The Hall–Kier alpha value is -3.95. The quantitative estimate of drug-likeness (QED) is 0.269. The summed E-state index contributed by atoms with van der Waals surface area (Å²) in [6.07, 6.45) is 4.62. The van der Waals surface area contributed by atoms with Crippen molar-refractivity contribution in [1.29, 1.82) is 0 Å². The first-order valence-electron chi connectivity index (χ1n) is 12.4. The van der Waals surface area contributed by atoms with E-state index in [9.17, 15) is 9.59 Å². The number of aromatic nitrogens is 3. The summed E-state index contributed by atoms with van der Waals surface area (Å²) in [6, 6.07) is 14.3. The molecule has 0 aliphatic carbocycles. The van der Waals surface area contributed by atoms with Gasteiger partial charge in [-0.05, 0) is 44.0 Å². The van der Waals surface area contributed by atoms with E-state index in [1.165, 1.54) is 13.3 Å². The summed E-state index contributed by atoms with van der Waals surface area (Å²) in [5, 5.41) is 7.18. The van der Waals surface area contributed by atoms with E-state index < -0.39 is 0 Å². The first-order chi connectivity index (χ1) is 18.4. The highest BCUT2D eigenvalue weighted by molar-refractivity contribution is 6.35. The minimum absolute atomic E-state index is 0.00950. The van der Waals surface area contributed by atoms with Gasteiger partial charge in [-0.15, -0.1) is 0 Å². The summed E-state index contributed by atoms with van der Waals surface area (Å²) >= 11 is 6.52. The van der Waals surface area contributed by atoms with Crippen LogP contribution in [0.3, 0.4) is 0 Å². The number of ketones is 1. The zero-order chi connectivity index (χ0) is 26.6. The number of carbonyl (C=O) groups excluding carboxylic acids is 2. The van der Waals surface area contributed by atoms with Crippen molar-refractivity contribution in [3.8, 4) is 11.5 Å². The van der Waals surface area contributed by atoms with Crippen LogP contribution in [0.25, 0.3) is 11.0 Å². The average Bonchev–Trinajstić information content (AvgIpc) is 3.34. The Kier molecular flexibility index (Phi) is 7.57. The maximum Gasteiger partial charge on any atom is 0.217 e. The van der Waals surface area contributed by atoms with Crippen LogP contribution < -0.4 is 15.4 Å². The first kappa shape index (κ1) is 25.7. The Labute approximate surface area is 224 Å². The summed E-state index contributed by atoms with van der Waals surface area (Å²) in [5.74, 6) is 1.42. The van der Waals surface area contributed by atoms with Gasteiger partial charge in [-0.1, -0.05) is 29.8 Å². The molecule has 5 rings (SSSR count). The van der Waals surface area contributed by atoms with Gasteiger partial charge in [-0.25, -0.2) is 9.97 Å². The molecule has 38 heavy (non-hydrogen) atoms. The van der Waals surface area contributed by atoms with E-state index >= 15 is 0 Å². The Morgan fingerprint density at radius 3 is 2.63 bits per heavy atom. The molecule has 3 heterocycles. The smallest absolute Gasteiger partial charge is 0.217 e. The van der Waals surface area contributed by atoms with E-state index in [4.69, 9.17) is 21.1 Å². The van der Waals surface area contributed by atoms with Gasteiger partial charge in [0.25, 0.3) is 0 Å². The van der Waals surface area contributed by atoms with Crippen molar-refractivity contribution in [3.05, 3.63) is 77.2 Å². The van der Waals surface area contributed by atoms with Crippen molar-refractivity contribution >= 4 is 40.1 Å². The van der Waals surface area contributed by atoms with E-state index in [2.05, 4.69) is 25.6 Å². The Morgan fingerprint density at radius 1 is 1.11 bits per heavy atom. The summed E-state index contributed by atoms with van der Waals surface area (Å²) < 4.78 is 11.8. The molecule has 1 saturated heterocycles. The van der Waals surface area contributed by atoms with Crippen LogP contribution in [-0.2, 0) is 9.53 Å². The normalized spacial score (nSPS) is 18.1. The van der Waals surface area contributed by atoms with Crippen LogP contribution in [0.4, 0.5) is 5.82 Å². The predicted molar refractivity (Wildman–Crippen MR) is 145 cm³/mol. The number of hydrogen-bond donors (Lipinski definition) is 3. The van der Waals surface area contributed by atoms with Crippen molar-refractivity contribution in [3.63, 3.8) is 0 Å². The van der Waals surface area contributed by atoms with E-state index in [-0.39, 0.29) is 34.9 Å². The number of para-hydroxylation sites is 1. The van der Waals surface area contributed by atoms with Gasteiger partial charge in [0.15, 0.2) is 5.78 Å². The largest absolute Gasteiger partial charge is 0.457 e. The van der Waals surface area contributed by atoms with Gasteiger partial charge in [-0.3, -0.25) is 9.59 Å². The number of anilines is 1. The van der Waals surface area contributed by atoms with Crippen LogP contribution in [-0.4, -0.2) is 51.4 Å². The third-order valence-electron chi connectivity index (χ3n) is 6.52. The molecule has 1 amide bonds. The Morgan fingerprint density at radius 2 is 1.92 bits per heavy atom. The van der Waals surface area contributed by atoms with Crippen LogP contribution in [0.15, 0.2) is 61.1 Å². The Bertz CT molecular complexity index is 1450. The van der Waals surface area contributed by atoms with E-state index in [0.29, 0.717) is 46.1 Å². The number of nitrogens with zero attached hydrogens (tertiary/aromatic N) is 2. The molecule has 10 heteroatoms. The second-order valence-corrected chi connectivity index (χ2v) is 9.72. The number of rotatable bonds is 8. The van der Waals surface area contributed by atoms with Gasteiger partial charge in [0.2, 0.25) is 5.91 Å². The lowest BCUT2D eigenvalue weighted by molar-refractivity contribution is -0.121. The van der Waals surface area contributed by atoms with Crippen LogP contribution >= 0.6 is 11.6 Å². The van der Waals surface area contributed by atoms with Crippen molar-refractivity contribution in [2.24, 2.45) is 0 Å². The first-order valence-corrected chi connectivity index (χ1v) is 12.8. The monoisotopic (exact) mass is 533 g/mol. The van der Waals surface area contributed by atoms with Gasteiger partial charge in [0.1, 0.15) is 29.3 Å². The standard InChI is InChI=1S/C28H28ClN5O4/c1-16(33-17(2)35)24-11-8-18(14-37-24)34-28-25-22(13-30-27(25)31-15-32-28)26(36)21-10-9-20(12-23(21)29)38-19-6-4-3-5-7-19/h3-7,9-10,12-13,15-16,18,24H,8,11,14H2,1-2H3,(H,33,35)(H2,30,31,32,34)/t16-,18+,24-/m0/s1. The zero-order valence-electron chi connectivity index (χ0n) is 21.0. The lowest BCUT2D eigenvalue weighted by Crippen LogP contribution is -2.46. The topological polar surface area (TPSA) is 118 Å². The van der Waals surface area contributed by atoms with Crippen LogP contribution in [0.5, 0.6) is 11.5 Å². The van der Waals surface area contributed by atoms with E-state index in [1.54, 1.807) is 24.4 Å². The van der Waals surface area contributed by atoms with Crippen molar-refractivity contribution < 1.29 is 19.1 Å². The maximum absolute atomic E-state index is 13.6. The average molecular weight is 534 g/mol. The second kappa shape index (κ2) is 11.2. The number of carbonyl (C=O) groups is 2. The molecular weight excluding hydrogens is 506 g/mol. The summed E-state index contributed by atoms with van der Waals surface area (Å²) in [6.45, 7) is 3.89. The van der Waals surface area contributed by atoms with Gasteiger partial charge < -0.3 is 25.1 Å². The number of benzene rings is 2. The summed E-state index contributed by atoms with van der Waals surface area (Å²) in [4.78, 5) is 36.7. The molecule has 0 spiro atoms. The number of amides is 1. The molecule has 2 aromatic heterocycles. The Balaban J connectivity index is 1.33. The number of fused-ring (bicyclic) bond motifs is 1. The molecular formula is C28H28ClN5O4. The molecule has 0 unspecified atom stereocenters. The predicted octanol–water partition coefficient (Wildman–Crippen LogP) is 5.12. The third kappa shape index (κ3) is 5.64. The van der Waals surface area contributed by atoms with Gasteiger partial charge in [0, 0.05) is 24.8 Å². The van der Waals surface area contributed by atoms with E-state index in [1.807, 2.05) is 37.3 Å². The zero-order valence-corrected chi connectivity index (χ0v) is 21.8. The number of nitrogens with one attached hydrogen (secondary N) is 3. The molecule has 2 aromatic carbocycles. The molecule has 4 aromatic rings. The highest BCUT2D eigenvalue weighted by Gasteiger charge is 2.28. The molecule has 1 aliphatic heterocycles. The number of ether oxygens (including phenoxy) is 2. The molecule has 0 radical (unpaired) electrons. The minimum atomic E-state index is -0.255. The van der Waals surface area contributed by atoms with Crippen molar-refractivity contribution in [2.75, 3.05) is 11.9 Å². The maximum atomic E-state index is 13.6. The SMILES string of the molecule is CC(=O)N[C@@H](C)[C@@H]1CC[C@@H](Nc2ncnc3[nH]cc(C(=O)c4ccc(Oc5ccccc5)cc4Cl)c23)CO1. The van der Waals surface area contributed by atoms with E-state index in [0.717, 1.165) is 12.8 Å². The second-order valence-electron chi connectivity index (χ2n) is 9.31. The highest BCUT2D eigenvalue weighted by atomic mass is 35.5. The fourth-order valence-electron chi connectivity index (χ4n) is 4.65. The molecule has 3 N–H and O–H groups in total. The van der Waals surface area contributed by atoms with Gasteiger partial charge >= 0.3 is 0 Å². The third-order valence-corrected chi connectivity index (χ3v) is 6.83.